The number of hydrogen-bond donors (Lipinski definition) is 0. The fourth-order valence-corrected chi connectivity index (χ4v) is 5.17. The van der Waals surface area contributed by atoms with Crippen LogP contribution in [0.25, 0.3) is 0 Å². The molecule has 0 spiro atoms. The third-order valence-corrected chi connectivity index (χ3v) is 7.26. The van der Waals surface area contributed by atoms with Crippen LogP contribution in [0.15, 0.2) is 47.6 Å². The third-order valence-electron chi connectivity index (χ3n) is 5.68. The summed E-state index contributed by atoms with van der Waals surface area (Å²) in [5, 5.41) is 12.1. The fraction of sp³-hybridized carbons (Fsp3) is 0.476. The van der Waals surface area contributed by atoms with Gasteiger partial charge in [-0.05, 0) is 42.0 Å². The SMILES string of the molecule is CCCC(c1nnnn1CS(=O)(=O)c1ccc(C)cc1)N1CCN(c2ncccn2)CC1.Cl. The van der Waals surface area contributed by atoms with Crippen molar-refractivity contribution in [1.82, 2.24) is 35.1 Å². The Hall–Kier alpha value is -2.63. The number of hydrogen-bond acceptors (Lipinski definition) is 9. The van der Waals surface area contributed by atoms with Crippen molar-refractivity contribution in [2.24, 2.45) is 0 Å². The molecule has 0 amide bonds. The maximum atomic E-state index is 13.0. The van der Waals surface area contributed by atoms with Crippen molar-refractivity contribution in [1.29, 1.82) is 0 Å². The Morgan fingerprint density at radius 2 is 1.70 bits per heavy atom. The van der Waals surface area contributed by atoms with Crippen molar-refractivity contribution in [3.05, 3.63) is 54.1 Å². The van der Waals surface area contributed by atoms with Crippen LogP contribution in [0.2, 0.25) is 0 Å². The van der Waals surface area contributed by atoms with Gasteiger partial charge in [0.2, 0.25) is 5.95 Å². The lowest BCUT2D eigenvalue weighted by Gasteiger charge is -2.38. The minimum Gasteiger partial charge on any atom is -0.338 e. The molecule has 1 aromatic carbocycles. The summed E-state index contributed by atoms with van der Waals surface area (Å²) in [5.41, 5.74) is 1.01. The Bertz CT molecular complexity index is 1120. The van der Waals surface area contributed by atoms with E-state index in [9.17, 15) is 8.42 Å². The second-order valence-electron chi connectivity index (χ2n) is 7.97. The van der Waals surface area contributed by atoms with Crippen LogP contribution < -0.4 is 4.90 Å². The van der Waals surface area contributed by atoms with E-state index in [2.05, 4.69) is 42.2 Å². The topological polar surface area (TPSA) is 110 Å². The molecule has 1 fully saturated rings. The molecule has 4 rings (SSSR count). The summed E-state index contributed by atoms with van der Waals surface area (Å²) < 4.78 is 27.4. The summed E-state index contributed by atoms with van der Waals surface area (Å²) in [7, 11) is -3.57. The smallest absolute Gasteiger partial charge is 0.225 e. The van der Waals surface area contributed by atoms with Crippen molar-refractivity contribution in [2.75, 3.05) is 31.1 Å². The molecule has 12 heteroatoms. The van der Waals surface area contributed by atoms with E-state index in [1.54, 1.807) is 36.7 Å². The molecule has 3 aromatic rings. The predicted molar refractivity (Wildman–Crippen MR) is 127 cm³/mol. The highest BCUT2D eigenvalue weighted by atomic mass is 35.5. The zero-order chi connectivity index (χ0) is 22.6. The average Bonchev–Trinajstić information content (AvgIpc) is 3.25. The first kappa shape index (κ1) is 25.0. The number of rotatable bonds is 8. The largest absolute Gasteiger partial charge is 0.338 e. The van der Waals surface area contributed by atoms with Crippen LogP contribution in [-0.2, 0) is 15.7 Å². The van der Waals surface area contributed by atoms with Gasteiger partial charge in [0.05, 0.1) is 10.9 Å². The third kappa shape index (κ3) is 5.84. The number of aromatic nitrogens is 6. The van der Waals surface area contributed by atoms with E-state index < -0.39 is 9.84 Å². The van der Waals surface area contributed by atoms with Crippen LogP contribution in [0.3, 0.4) is 0 Å². The molecule has 1 aliphatic rings. The molecule has 0 bridgehead atoms. The molecule has 1 saturated heterocycles. The molecule has 178 valence electrons. The van der Waals surface area contributed by atoms with Crippen LogP contribution in [0.5, 0.6) is 0 Å². The minimum absolute atomic E-state index is 0. The molecule has 3 heterocycles. The van der Waals surface area contributed by atoms with E-state index in [4.69, 9.17) is 0 Å². The lowest BCUT2D eigenvalue weighted by Crippen LogP contribution is -2.48. The molecule has 10 nitrogen and oxygen atoms in total. The summed E-state index contributed by atoms with van der Waals surface area (Å²) in [4.78, 5) is 13.4. The van der Waals surface area contributed by atoms with E-state index in [1.165, 1.54) is 4.68 Å². The summed E-state index contributed by atoms with van der Waals surface area (Å²) in [6.45, 7) is 7.19. The van der Waals surface area contributed by atoms with Crippen molar-refractivity contribution >= 4 is 28.2 Å². The van der Waals surface area contributed by atoms with E-state index in [0.717, 1.165) is 50.5 Å². The minimum atomic E-state index is -3.57. The number of tetrazole rings is 1. The lowest BCUT2D eigenvalue weighted by molar-refractivity contribution is 0.164. The quantitative estimate of drug-likeness (QED) is 0.467. The molecular formula is C21H29ClN8O2S. The van der Waals surface area contributed by atoms with Crippen molar-refractivity contribution in [3.8, 4) is 0 Å². The van der Waals surface area contributed by atoms with E-state index >= 15 is 0 Å². The monoisotopic (exact) mass is 492 g/mol. The number of anilines is 1. The number of nitrogens with zero attached hydrogens (tertiary/aromatic N) is 8. The maximum absolute atomic E-state index is 13.0. The molecule has 33 heavy (non-hydrogen) atoms. The Kier molecular flexibility index (Phi) is 8.33. The van der Waals surface area contributed by atoms with Crippen LogP contribution in [0, 0.1) is 6.92 Å². The molecule has 0 aliphatic carbocycles. The van der Waals surface area contributed by atoms with Gasteiger partial charge in [0.15, 0.2) is 21.5 Å². The zero-order valence-electron chi connectivity index (χ0n) is 18.8. The Morgan fingerprint density at radius 3 is 2.33 bits per heavy atom. The molecule has 0 saturated carbocycles. The van der Waals surface area contributed by atoms with Crippen molar-refractivity contribution in [2.45, 2.75) is 43.5 Å². The molecule has 1 unspecified atom stereocenters. The van der Waals surface area contributed by atoms with Gasteiger partial charge in [-0.25, -0.2) is 23.1 Å². The molecule has 1 atom stereocenters. The first-order valence-electron chi connectivity index (χ1n) is 10.8. The van der Waals surface area contributed by atoms with Gasteiger partial charge in [-0.1, -0.05) is 31.0 Å². The van der Waals surface area contributed by atoms with E-state index in [-0.39, 0.29) is 29.2 Å². The van der Waals surface area contributed by atoms with Gasteiger partial charge in [-0.3, -0.25) is 4.90 Å². The second-order valence-corrected chi connectivity index (χ2v) is 9.93. The highest BCUT2D eigenvalue weighted by Gasteiger charge is 2.30. The first-order chi connectivity index (χ1) is 15.5. The van der Waals surface area contributed by atoms with Crippen molar-refractivity contribution < 1.29 is 8.42 Å². The Morgan fingerprint density at radius 1 is 1.03 bits per heavy atom. The standard InChI is InChI=1S/C21H28N8O2S.ClH/c1-3-5-19(27-12-14-28(15-13-27)21-22-10-4-11-23-21)20-24-25-26-29(20)16-32(30,31)18-8-6-17(2)7-9-18;/h4,6-11,19H,3,5,12-16H2,1-2H3;1H. The van der Waals surface area contributed by atoms with Crippen LogP contribution in [0.1, 0.15) is 37.2 Å². The molecule has 0 radical (unpaired) electrons. The normalized spacial score (nSPS) is 15.8. The van der Waals surface area contributed by atoms with Gasteiger partial charge in [-0.15, -0.1) is 17.5 Å². The molecule has 0 N–H and O–H groups in total. The molecule has 1 aliphatic heterocycles. The molecule has 2 aromatic heterocycles. The summed E-state index contributed by atoms with van der Waals surface area (Å²) in [5.74, 6) is 1.04. The van der Waals surface area contributed by atoms with E-state index in [0.29, 0.717) is 5.82 Å². The van der Waals surface area contributed by atoms with E-state index in [1.807, 2.05) is 13.0 Å². The number of sulfone groups is 1. The summed E-state index contributed by atoms with van der Waals surface area (Å²) in [6, 6.07) is 8.60. The zero-order valence-corrected chi connectivity index (χ0v) is 20.4. The highest BCUT2D eigenvalue weighted by molar-refractivity contribution is 7.90. The Balaban J connectivity index is 0.00000306. The van der Waals surface area contributed by atoms with Gasteiger partial charge < -0.3 is 4.90 Å². The van der Waals surface area contributed by atoms with Gasteiger partial charge in [-0.2, -0.15) is 0 Å². The predicted octanol–water partition coefficient (Wildman–Crippen LogP) is 2.29. The van der Waals surface area contributed by atoms with Gasteiger partial charge in [0.25, 0.3) is 0 Å². The first-order valence-corrected chi connectivity index (χ1v) is 12.4. The van der Waals surface area contributed by atoms with Gasteiger partial charge in [0, 0.05) is 38.6 Å². The maximum Gasteiger partial charge on any atom is 0.225 e. The number of aryl methyl sites for hydroxylation is 1. The Labute approximate surface area is 200 Å². The summed E-state index contributed by atoms with van der Waals surface area (Å²) in [6.07, 6.45) is 5.27. The lowest BCUT2D eigenvalue weighted by atomic mass is 10.1. The number of benzene rings is 1. The highest BCUT2D eigenvalue weighted by Crippen LogP contribution is 2.26. The van der Waals surface area contributed by atoms with Crippen LogP contribution in [0.4, 0.5) is 5.95 Å². The van der Waals surface area contributed by atoms with Crippen LogP contribution in [-0.4, -0.2) is 69.7 Å². The molecular weight excluding hydrogens is 464 g/mol. The average molecular weight is 493 g/mol. The van der Waals surface area contributed by atoms with Gasteiger partial charge in [0.1, 0.15) is 0 Å². The fourth-order valence-electron chi connectivity index (χ4n) is 3.96. The van der Waals surface area contributed by atoms with Gasteiger partial charge >= 0.3 is 0 Å². The number of halogens is 1. The second kappa shape index (κ2) is 11.0. The van der Waals surface area contributed by atoms with Crippen molar-refractivity contribution in [3.63, 3.8) is 0 Å². The summed E-state index contributed by atoms with van der Waals surface area (Å²) >= 11 is 0. The van der Waals surface area contributed by atoms with Crippen LogP contribution >= 0.6 is 12.4 Å². The number of piperazine rings is 1.